The van der Waals surface area contributed by atoms with Crippen LogP contribution >= 0.6 is 0 Å². The van der Waals surface area contributed by atoms with E-state index in [-0.39, 0.29) is 17.7 Å². The number of aryl methyl sites for hydroxylation is 2. The van der Waals surface area contributed by atoms with Gasteiger partial charge in [0, 0.05) is 6.07 Å². The Labute approximate surface area is 79.7 Å². The van der Waals surface area contributed by atoms with Crippen LogP contribution in [0.3, 0.4) is 0 Å². The van der Waals surface area contributed by atoms with E-state index in [2.05, 4.69) is 0 Å². The van der Waals surface area contributed by atoms with Crippen LogP contribution in [0.5, 0.6) is 0 Å². The zero-order chi connectivity index (χ0) is 10.7. The number of hydrogen-bond acceptors (Lipinski definition) is 4. The summed E-state index contributed by atoms with van der Waals surface area (Å²) in [6.07, 6.45) is 0.223. The molecule has 1 aromatic heterocycles. The fourth-order valence-electron chi connectivity index (χ4n) is 1.15. The van der Waals surface area contributed by atoms with Gasteiger partial charge in [0.15, 0.2) is 5.43 Å². The molecule has 0 saturated carbocycles. The van der Waals surface area contributed by atoms with Crippen molar-refractivity contribution in [3.63, 3.8) is 0 Å². The van der Waals surface area contributed by atoms with Crippen LogP contribution in [0, 0.1) is 13.8 Å². The number of nitrogens with one attached hydrogen (secondary N) is 1. The van der Waals surface area contributed by atoms with Gasteiger partial charge in [-0.2, -0.15) is 0 Å². The van der Waals surface area contributed by atoms with E-state index in [9.17, 15) is 14.4 Å². The van der Waals surface area contributed by atoms with Gasteiger partial charge in [-0.15, -0.1) is 0 Å². The molecule has 0 aliphatic rings. The Kier molecular flexibility index (Phi) is 2.81. The van der Waals surface area contributed by atoms with E-state index < -0.39 is 11.3 Å². The zero-order valence-corrected chi connectivity index (χ0v) is 7.79. The van der Waals surface area contributed by atoms with E-state index >= 15 is 0 Å². The first-order valence-electron chi connectivity index (χ1n) is 3.92. The Bertz CT molecular complexity index is 433. The summed E-state index contributed by atoms with van der Waals surface area (Å²) in [6.45, 7) is 3.10. The molecule has 5 nitrogen and oxygen atoms in total. The first-order valence-corrected chi connectivity index (χ1v) is 3.92. The van der Waals surface area contributed by atoms with Crippen molar-refractivity contribution < 1.29 is 14.0 Å². The van der Waals surface area contributed by atoms with Gasteiger partial charge in [0.25, 0.3) is 5.91 Å². The molecule has 0 radical (unpaired) electrons. The monoisotopic (exact) mass is 195 g/mol. The summed E-state index contributed by atoms with van der Waals surface area (Å²) < 4.78 is 5.08. The van der Waals surface area contributed by atoms with Crippen LogP contribution in [-0.4, -0.2) is 12.3 Å². The smallest absolute Gasteiger partial charge is 0.265 e. The number of carbonyl (C=O) groups excluding carboxylic acids is 2. The molecule has 74 valence electrons. The van der Waals surface area contributed by atoms with Crippen molar-refractivity contribution in [3.8, 4) is 0 Å². The second-order valence-corrected chi connectivity index (χ2v) is 2.74. The van der Waals surface area contributed by atoms with E-state index in [1.54, 1.807) is 6.92 Å². The Morgan fingerprint density at radius 1 is 1.50 bits per heavy atom. The molecule has 0 aromatic carbocycles. The van der Waals surface area contributed by atoms with Gasteiger partial charge in [-0.3, -0.25) is 19.7 Å². The molecule has 0 spiro atoms. The van der Waals surface area contributed by atoms with Crippen molar-refractivity contribution in [1.82, 2.24) is 5.32 Å². The van der Waals surface area contributed by atoms with Crippen molar-refractivity contribution in [2.75, 3.05) is 0 Å². The second-order valence-electron chi connectivity index (χ2n) is 2.74. The molecule has 0 aliphatic carbocycles. The summed E-state index contributed by atoms with van der Waals surface area (Å²) >= 11 is 0. The maximum absolute atomic E-state index is 11.3. The fraction of sp³-hybridized carbons (Fsp3) is 0.222. The van der Waals surface area contributed by atoms with Crippen molar-refractivity contribution >= 4 is 12.3 Å². The van der Waals surface area contributed by atoms with Gasteiger partial charge in [-0.1, -0.05) is 0 Å². The Morgan fingerprint density at radius 3 is 2.64 bits per heavy atom. The quantitative estimate of drug-likeness (QED) is 0.681. The van der Waals surface area contributed by atoms with Crippen LogP contribution in [0.15, 0.2) is 15.3 Å². The average Bonchev–Trinajstić information content (AvgIpc) is 2.01. The van der Waals surface area contributed by atoms with Gasteiger partial charge in [0.2, 0.25) is 6.41 Å². The van der Waals surface area contributed by atoms with Gasteiger partial charge in [-0.05, 0) is 13.8 Å². The van der Waals surface area contributed by atoms with E-state index in [4.69, 9.17) is 4.42 Å². The molecule has 2 amide bonds. The zero-order valence-electron chi connectivity index (χ0n) is 7.79. The summed E-state index contributed by atoms with van der Waals surface area (Å²) in [4.78, 5) is 32.5. The van der Waals surface area contributed by atoms with Crippen LogP contribution in [0.25, 0.3) is 0 Å². The molecule has 0 bridgehead atoms. The SMILES string of the molecule is Cc1cc(=O)c(C(=O)NC=O)c(C)o1. The van der Waals surface area contributed by atoms with Crippen molar-refractivity contribution in [1.29, 1.82) is 0 Å². The summed E-state index contributed by atoms with van der Waals surface area (Å²) in [7, 11) is 0. The standard InChI is InChI=1S/C9H9NO4/c1-5-3-7(12)8(6(2)14-5)9(13)10-4-11/h3-4H,1-2H3,(H,10,11,13). The fourth-order valence-corrected chi connectivity index (χ4v) is 1.15. The average molecular weight is 195 g/mol. The molecule has 0 saturated heterocycles. The molecule has 1 heterocycles. The minimum Gasteiger partial charge on any atom is -0.466 e. The number of imide groups is 1. The number of hydrogen-bond donors (Lipinski definition) is 1. The van der Waals surface area contributed by atoms with Crippen LogP contribution in [0.1, 0.15) is 21.9 Å². The van der Waals surface area contributed by atoms with Crippen LogP contribution < -0.4 is 10.7 Å². The minimum atomic E-state index is -0.744. The molecule has 5 heteroatoms. The minimum absolute atomic E-state index is 0.136. The third-order valence-electron chi connectivity index (χ3n) is 1.66. The lowest BCUT2D eigenvalue weighted by Gasteiger charge is -2.02. The summed E-state index contributed by atoms with van der Waals surface area (Å²) in [5, 5.41) is 1.88. The third kappa shape index (κ3) is 1.87. The van der Waals surface area contributed by atoms with Crippen molar-refractivity contribution in [2.24, 2.45) is 0 Å². The summed E-state index contributed by atoms with van der Waals surface area (Å²) in [6, 6.07) is 1.20. The highest BCUT2D eigenvalue weighted by Crippen LogP contribution is 2.04. The van der Waals surface area contributed by atoms with Crippen molar-refractivity contribution in [2.45, 2.75) is 13.8 Å². The normalized spacial score (nSPS) is 9.57. The van der Waals surface area contributed by atoms with E-state index in [1.165, 1.54) is 13.0 Å². The van der Waals surface area contributed by atoms with E-state index in [1.807, 2.05) is 5.32 Å². The molecular weight excluding hydrogens is 186 g/mol. The number of amides is 2. The first-order chi connectivity index (χ1) is 6.56. The topological polar surface area (TPSA) is 76.4 Å². The molecule has 1 rings (SSSR count). The largest absolute Gasteiger partial charge is 0.466 e. The highest BCUT2D eigenvalue weighted by Gasteiger charge is 2.14. The number of carbonyl (C=O) groups is 2. The molecule has 1 N–H and O–H groups in total. The lowest BCUT2D eigenvalue weighted by molar-refractivity contribution is -0.108. The summed E-state index contributed by atoms with van der Waals surface area (Å²) in [5.41, 5.74) is -0.590. The Morgan fingerprint density at radius 2 is 2.14 bits per heavy atom. The second kappa shape index (κ2) is 3.87. The predicted molar refractivity (Wildman–Crippen MR) is 48.0 cm³/mol. The summed E-state index contributed by atoms with van der Waals surface area (Å²) in [5.74, 6) is -0.115. The van der Waals surface area contributed by atoms with Crippen LogP contribution in [0.2, 0.25) is 0 Å². The molecule has 0 unspecified atom stereocenters. The Hall–Kier alpha value is -1.91. The highest BCUT2D eigenvalue weighted by molar-refractivity contribution is 6.00. The van der Waals surface area contributed by atoms with E-state index in [0.717, 1.165) is 0 Å². The highest BCUT2D eigenvalue weighted by atomic mass is 16.3. The van der Waals surface area contributed by atoms with Gasteiger partial charge >= 0.3 is 0 Å². The maximum atomic E-state index is 11.3. The van der Waals surface area contributed by atoms with E-state index in [0.29, 0.717) is 5.76 Å². The van der Waals surface area contributed by atoms with Crippen LogP contribution in [-0.2, 0) is 4.79 Å². The van der Waals surface area contributed by atoms with Gasteiger partial charge < -0.3 is 4.42 Å². The maximum Gasteiger partial charge on any atom is 0.265 e. The molecule has 1 aromatic rings. The molecule has 0 atom stereocenters. The van der Waals surface area contributed by atoms with Gasteiger partial charge in [0.1, 0.15) is 17.1 Å². The lowest BCUT2D eigenvalue weighted by Crippen LogP contribution is -2.28. The van der Waals surface area contributed by atoms with Crippen molar-refractivity contribution in [3.05, 3.63) is 33.4 Å². The van der Waals surface area contributed by atoms with Gasteiger partial charge in [-0.25, -0.2) is 0 Å². The van der Waals surface area contributed by atoms with Crippen LogP contribution in [0.4, 0.5) is 0 Å². The predicted octanol–water partition coefficient (Wildman–Crippen LogP) is 0.143. The lowest BCUT2D eigenvalue weighted by atomic mass is 10.2. The molecule has 0 fully saturated rings. The van der Waals surface area contributed by atoms with Gasteiger partial charge in [0.05, 0.1) is 0 Å². The first kappa shape index (κ1) is 10.2. The third-order valence-corrected chi connectivity index (χ3v) is 1.66. The Balaban J connectivity index is 3.28. The molecular formula is C9H9NO4. The number of rotatable bonds is 2. The molecule has 14 heavy (non-hydrogen) atoms. The molecule has 0 aliphatic heterocycles.